The van der Waals surface area contributed by atoms with Crippen LogP contribution in [0.25, 0.3) is 0 Å². The van der Waals surface area contributed by atoms with E-state index in [1.165, 1.54) is 16.7 Å². The number of benzene rings is 3. The Kier molecular flexibility index (Phi) is 6.50. The van der Waals surface area contributed by atoms with Crippen LogP contribution in [0.2, 0.25) is 0 Å². The first kappa shape index (κ1) is 21.3. The van der Waals surface area contributed by atoms with Crippen molar-refractivity contribution in [3.05, 3.63) is 89.5 Å². The third-order valence-electron chi connectivity index (χ3n) is 6.14. The molecule has 0 fully saturated rings. The smallest absolute Gasteiger partial charge is 0.124 e. The molecule has 1 aliphatic rings. The molecule has 3 aromatic rings. The van der Waals surface area contributed by atoms with E-state index < -0.39 is 0 Å². The summed E-state index contributed by atoms with van der Waals surface area (Å²) in [6, 6.07) is 24.7. The molecule has 0 aromatic heterocycles. The highest BCUT2D eigenvalue weighted by atomic mass is 16.5. The van der Waals surface area contributed by atoms with Crippen LogP contribution in [0.15, 0.2) is 72.8 Å². The molecule has 1 unspecified atom stereocenters. The average molecular weight is 417 g/mol. The van der Waals surface area contributed by atoms with E-state index in [2.05, 4.69) is 45.0 Å². The number of hydrogen-bond acceptors (Lipinski definition) is 3. The molecule has 1 aliphatic heterocycles. The van der Waals surface area contributed by atoms with E-state index in [4.69, 9.17) is 14.2 Å². The summed E-state index contributed by atoms with van der Waals surface area (Å²) in [5.41, 5.74) is 3.57. The molecule has 4 rings (SSSR count). The summed E-state index contributed by atoms with van der Waals surface area (Å²) < 4.78 is 18.5. The minimum atomic E-state index is -0.0239. The van der Waals surface area contributed by atoms with Gasteiger partial charge in [0, 0.05) is 11.0 Å². The normalized spacial score (nSPS) is 16.4. The summed E-state index contributed by atoms with van der Waals surface area (Å²) in [5, 5.41) is 0. The molecule has 0 amide bonds. The van der Waals surface area contributed by atoms with Crippen molar-refractivity contribution in [2.75, 3.05) is 6.61 Å². The van der Waals surface area contributed by atoms with E-state index >= 15 is 0 Å². The van der Waals surface area contributed by atoms with Gasteiger partial charge in [-0.3, -0.25) is 0 Å². The minimum absolute atomic E-state index is 0.0239. The summed E-state index contributed by atoms with van der Waals surface area (Å²) in [6.45, 7) is 7.95. The van der Waals surface area contributed by atoms with Crippen LogP contribution in [-0.2, 0) is 18.4 Å². The maximum atomic E-state index is 6.33. The summed E-state index contributed by atoms with van der Waals surface area (Å²) in [4.78, 5) is 0. The number of ether oxygens (including phenoxy) is 3. The lowest BCUT2D eigenvalue weighted by molar-refractivity contribution is 0.161. The fraction of sp³-hybridized carbons (Fsp3) is 0.357. The van der Waals surface area contributed by atoms with Gasteiger partial charge in [-0.15, -0.1) is 0 Å². The fourth-order valence-corrected chi connectivity index (χ4v) is 4.31. The zero-order valence-electron chi connectivity index (χ0n) is 18.8. The van der Waals surface area contributed by atoms with Crippen LogP contribution in [0.5, 0.6) is 17.2 Å². The van der Waals surface area contributed by atoms with E-state index in [-0.39, 0.29) is 11.5 Å². The molecule has 0 N–H and O–H groups in total. The van der Waals surface area contributed by atoms with Gasteiger partial charge in [-0.2, -0.15) is 0 Å². The predicted octanol–water partition coefficient (Wildman–Crippen LogP) is 6.73. The molecule has 0 bridgehead atoms. The third kappa shape index (κ3) is 4.87. The Hall–Kier alpha value is -2.94. The number of fused-ring (bicyclic) bond motifs is 1. The van der Waals surface area contributed by atoms with Crippen LogP contribution in [0.4, 0.5) is 0 Å². The Labute approximate surface area is 186 Å². The lowest BCUT2D eigenvalue weighted by Gasteiger charge is -2.25. The van der Waals surface area contributed by atoms with Crippen LogP contribution in [0.3, 0.4) is 0 Å². The molecule has 3 nitrogen and oxygen atoms in total. The lowest BCUT2D eigenvalue weighted by atomic mass is 9.79. The molecule has 0 spiro atoms. The van der Waals surface area contributed by atoms with E-state index in [0.717, 1.165) is 36.5 Å². The van der Waals surface area contributed by atoms with Gasteiger partial charge in [0.1, 0.15) is 30.0 Å². The molecule has 0 radical (unpaired) electrons. The molecule has 31 heavy (non-hydrogen) atoms. The van der Waals surface area contributed by atoms with Gasteiger partial charge in [0.05, 0.1) is 6.61 Å². The Morgan fingerprint density at radius 1 is 0.903 bits per heavy atom. The first-order chi connectivity index (χ1) is 15.1. The van der Waals surface area contributed by atoms with Crippen molar-refractivity contribution in [1.29, 1.82) is 0 Å². The standard InChI is InChI=1S/C28H32O3/c1-4-27-28(2,3)24-19-25(30-20-21-12-7-5-8-13-21)22(18-26(24)31-27)14-11-17-29-23-15-9-6-10-16-23/h5-10,12-13,15-16,18-19,27H,4,11,14,17,20H2,1-3H3. The fourth-order valence-electron chi connectivity index (χ4n) is 4.31. The van der Waals surface area contributed by atoms with Crippen molar-refractivity contribution in [2.24, 2.45) is 0 Å². The SMILES string of the molecule is CCC1Oc2cc(CCCOc3ccccc3)c(OCc3ccccc3)cc2C1(C)C. The lowest BCUT2D eigenvalue weighted by Crippen LogP contribution is -2.31. The van der Waals surface area contributed by atoms with Gasteiger partial charge in [0.15, 0.2) is 0 Å². The highest BCUT2D eigenvalue weighted by molar-refractivity contribution is 5.52. The molecular weight excluding hydrogens is 384 g/mol. The molecule has 0 saturated carbocycles. The number of para-hydroxylation sites is 1. The van der Waals surface area contributed by atoms with E-state index in [1.807, 2.05) is 48.5 Å². The van der Waals surface area contributed by atoms with Gasteiger partial charge in [0.25, 0.3) is 0 Å². The first-order valence-electron chi connectivity index (χ1n) is 11.3. The first-order valence-corrected chi connectivity index (χ1v) is 11.3. The molecule has 3 aromatic carbocycles. The molecule has 1 atom stereocenters. The van der Waals surface area contributed by atoms with Gasteiger partial charge in [-0.05, 0) is 54.7 Å². The summed E-state index contributed by atoms with van der Waals surface area (Å²) in [5.74, 6) is 2.87. The zero-order valence-corrected chi connectivity index (χ0v) is 18.8. The van der Waals surface area contributed by atoms with Gasteiger partial charge in [-0.1, -0.05) is 69.3 Å². The van der Waals surface area contributed by atoms with E-state index in [0.29, 0.717) is 13.2 Å². The Bertz CT molecular complexity index is 980. The van der Waals surface area contributed by atoms with Gasteiger partial charge in [0.2, 0.25) is 0 Å². The van der Waals surface area contributed by atoms with E-state index in [1.54, 1.807) is 0 Å². The quantitative estimate of drug-likeness (QED) is 0.362. The average Bonchev–Trinajstić information content (AvgIpc) is 3.05. The summed E-state index contributed by atoms with van der Waals surface area (Å²) in [6.07, 6.45) is 2.98. The number of hydrogen-bond donors (Lipinski definition) is 0. The molecular formula is C28H32O3. The van der Waals surface area contributed by atoms with Crippen molar-refractivity contribution in [2.45, 2.75) is 58.2 Å². The second kappa shape index (κ2) is 9.47. The van der Waals surface area contributed by atoms with Gasteiger partial charge < -0.3 is 14.2 Å². The highest BCUT2D eigenvalue weighted by Crippen LogP contribution is 2.46. The Balaban J connectivity index is 1.51. The van der Waals surface area contributed by atoms with Gasteiger partial charge in [-0.25, -0.2) is 0 Å². The van der Waals surface area contributed by atoms with Crippen molar-refractivity contribution in [3.8, 4) is 17.2 Å². The van der Waals surface area contributed by atoms with Crippen LogP contribution in [0, 0.1) is 0 Å². The molecule has 0 saturated heterocycles. The topological polar surface area (TPSA) is 27.7 Å². The van der Waals surface area contributed by atoms with Crippen molar-refractivity contribution in [3.63, 3.8) is 0 Å². The van der Waals surface area contributed by atoms with Crippen molar-refractivity contribution < 1.29 is 14.2 Å². The molecule has 3 heteroatoms. The maximum absolute atomic E-state index is 6.33. The largest absolute Gasteiger partial charge is 0.494 e. The van der Waals surface area contributed by atoms with Gasteiger partial charge >= 0.3 is 0 Å². The van der Waals surface area contributed by atoms with E-state index in [9.17, 15) is 0 Å². The van der Waals surface area contributed by atoms with Crippen LogP contribution in [-0.4, -0.2) is 12.7 Å². The second-order valence-corrected chi connectivity index (χ2v) is 8.73. The van der Waals surface area contributed by atoms with Crippen LogP contribution >= 0.6 is 0 Å². The molecule has 0 aliphatic carbocycles. The minimum Gasteiger partial charge on any atom is -0.494 e. The summed E-state index contributed by atoms with van der Waals surface area (Å²) in [7, 11) is 0. The second-order valence-electron chi connectivity index (χ2n) is 8.73. The third-order valence-corrected chi connectivity index (χ3v) is 6.14. The van der Waals surface area contributed by atoms with Crippen molar-refractivity contribution in [1.82, 2.24) is 0 Å². The molecule has 1 heterocycles. The zero-order chi connectivity index (χ0) is 21.7. The van der Waals surface area contributed by atoms with Crippen LogP contribution < -0.4 is 14.2 Å². The monoisotopic (exact) mass is 416 g/mol. The molecule has 162 valence electrons. The Morgan fingerprint density at radius 3 is 2.32 bits per heavy atom. The maximum Gasteiger partial charge on any atom is 0.124 e. The number of rotatable bonds is 9. The Morgan fingerprint density at radius 2 is 1.61 bits per heavy atom. The number of aryl methyl sites for hydroxylation is 1. The predicted molar refractivity (Wildman–Crippen MR) is 125 cm³/mol. The summed E-state index contributed by atoms with van der Waals surface area (Å²) >= 11 is 0. The van der Waals surface area contributed by atoms with Crippen molar-refractivity contribution >= 4 is 0 Å². The highest BCUT2D eigenvalue weighted by Gasteiger charge is 2.41. The van der Waals surface area contributed by atoms with Crippen LogP contribution in [0.1, 0.15) is 50.3 Å².